The Morgan fingerprint density at radius 1 is 1.39 bits per heavy atom. The highest BCUT2D eigenvalue weighted by atomic mass is 35.5. The van der Waals surface area contributed by atoms with Crippen LogP contribution in [0.5, 0.6) is 5.75 Å². The standard InChI is InChI=1S/C14H18ClNO2/c15-9-11-4-1-2-7-13(11)16-14(18)10-5-3-6-12(17)8-10/h3,5-6,8,11,13,17H,1-2,4,7,9H2,(H,16,18). The third-order valence-electron chi connectivity index (χ3n) is 3.53. The minimum atomic E-state index is -0.132. The van der Waals surface area contributed by atoms with E-state index in [0.717, 1.165) is 19.3 Å². The maximum atomic E-state index is 12.1. The number of benzene rings is 1. The molecule has 4 heteroatoms. The van der Waals surface area contributed by atoms with E-state index in [1.165, 1.54) is 12.5 Å². The summed E-state index contributed by atoms with van der Waals surface area (Å²) in [7, 11) is 0. The van der Waals surface area contributed by atoms with Crippen LogP contribution in [0.15, 0.2) is 24.3 Å². The van der Waals surface area contributed by atoms with Gasteiger partial charge < -0.3 is 10.4 Å². The second-order valence-electron chi connectivity index (χ2n) is 4.83. The molecular formula is C14H18ClNO2. The molecule has 0 bridgehead atoms. The van der Waals surface area contributed by atoms with E-state index in [1.54, 1.807) is 18.2 Å². The summed E-state index contributed by atoms with van der Waals surface area (Å²) in [6.45, 7) is 0. The van der Waals surface area contributed by atoms with Crippen molar-refractivity contribution in [3.05, 3.63) is 29.8 Å². The van der Waals surface area contributed by atoms with Crippen LogP contribution in [0.4, 0.5) is 0 Å². The number of alkyl halides is 1. The summed E-state index contributed by atoms with van der Waals surface area (Å²) >= 11 is 5.94. The van der Waals surface area contributed by atoms with Gasteiger partial charge >= 0.3 is 0 Å². The predicted molar refractivity (Wildman–Crippen MR) is 72.0 cm³/mol. The summed E-state index contributed by atoms with van der Waals surface area (Å²) in [5.74, 6) is 0.931. The number of phenolic OH excluding ortho intramolecular Hbond substituents is 1. The van der Waals surface area contributed by atoms with Crippen LogP contribution < -0.4 is 5.32 Å². The number of carbonyl (C=O) groups is 1. The number of aromatic hydroxyl groups is 1. The highest BCUT2D eigenvalue weighted by Gasteiger charge is 2.25. The molecule has 98 valence electrons. The molecule has 1 aromatic carbocycles. The van der Waals surface area contributed by atoms with Gasteiger partial charge in [0.25, 0.3) is 5.91 Å². The topological polar surface area (TPSA) is 49.3 Å². The monoisotopic (exact) mass is 267 g/mol. The van der Waals surface area contributed by atoms with Crippen molar-refractivity contribution in [1.29, 1.82) is 0 Å². The number of nitrogens with one attached hydrogen (secondary N) is 1. The number of hydrogen-bond acceptors (Lipinski definition) is 2. The zero-order chi connectivity index (χ0) is 13.0. The van der Waals surface area contributed by atoms with Crippen molar-refractivity contribution >= 4 is 17.5 Å². The maximum absolute atomic E-state index is 12.1. The van der Waals surface area contributed by atoms with E-state index in [0.29, 0.717) is 17.4 Å². The van der Waals surface area contributed by atoms with Gasteiger partial charge in [-0.25, -0.2) is 0 Å². The van der Waals surface area contributed by atoms with Gasteiger partial charge in [-0.2, -0.15) is 0 Å². The van der Waals surface area contributed by atoms with Crippen molar-refractivity contribution in [1.82, 2.24) is 5.32 Å². The fraction of sp³-hybridized carbons (Fsp3) is 0.500. The zero-order valence-corrected chi connectivity index (χ0v) is 11.0. The number of rotatable bonds is 3. The summed E-state index contributed by atoms with van der Waals surface area (Å²) in [5.41, 5.74) is 0.494. The van der Waals surface area contributed by atoms with Gasteiger partial charge in [0.1, 0.15) is 5.75 Å². The third-order valence-corrected chi connectivity index (χ3v) is 3.93. The van der Waals surface area contributed by atoms with E-state index in [1.807, 2.05) is 0 Å². The Morgan fingerprint density at radius 3 is 2.89 bits per heavy atom. The Balaban J connectivity index is 2.02. The highest BCUT2D eigenvalue weighted by molar-refractivity contribution is 6.18. The Hall–Kier alpha value is -1.22. The van der Waals surface area contributed by atoms with Gasteiger partial charge in [0.05, 0.1) is 0 Å². The van der Waals surface area contributed by atoms with Gasteiger partial charge in [0, 0.05) is 17.5 Å². The molecule has 0 heterocycles. The molecule has 3 nitrogen and oxygen atoms in total. The SMILES string of the molecule is O=C(NC1CCCCC1CCl)c1cccc(O)c1. The number of amides is 1. The van der Waals surface area contributed by atoms with Crippen molar-refractivity contribution in [3.63, 3.8) is 0 Å². The predicted octanol–water partition coefficient (Wildman–Crippen LogP) is 2.92. The molecule has 0 aliphatic heterocycles. The summed E-state index contributed by atoms with van der Waals surface area (Å²) in [5, 5.41) is 12.4. The molecule has 2 N–H and O–H groups in total. The number of halogens is 1. The van der Waals surface area contributed by atoms with Gasteiger partial charge in [-0.05, 0) is 37.0 Å². The second kappa shape index (κ2) is 6.10. The fourth-order valence-electron chi connectivity index (χ4n) is 2.48. The third kappa shape index (κ3) is 3.16. The number of hydrogen-bond donors (Lipinski definition) is 2. The van der Waals surface area contributed by atoms with Gasteiger partial charge in [0.15, 0.2) is 0 Å². The lowest BCUT2D eigenvalue weighted by atomic mass is 9.85. The number of phenols is 1. The lowest BCUT2D eigenvalue weighted by Gasteiger charge is -2.30. The summed E-state index contributed by atoms with van der Waals surface area (Å²) in [4.78, 5) is 12.1. The summed E-state index contributed by atoms with van der Waals surface area (Å²) in [6.07, 6.45) is 4.39. The maximum Gasteiger partial charge on any atom is 0.251 e. The molecule has 1 fully saturated rings. The van der Waals surface area contributed by atoms with E-state index < -0.39 is 0 Å². The van der Waals surface area contributed by atoms with Crippen LogP contribution in [-0.2, 0) is 0 Å². The van der Waals surface area contributed by atoms with E-state index in [4.69, 9.17) is 11.6 Å². The average molecular weight is 268 g/mol. The quantitative estimate of drug-likeness (QED) is 0.828. The Kier molecular flexibility index (Phi) is 4.48. The smallest absolute Gasteiger partial charge is 0.251 e. The molecular weight excluding hydrogens is 250 g/mol. The molecule has 2 rings (SSSR count). The first-order valence-corrected chi connectivity index (χ1v) is 6.90. The minimum Gasteiger partial charge on any atom is -0.508 e. The van der Waals surface area contributed by atoms with Gasteiger partial charge in [0.2, 0.25) is 0 Å². The van der Waals surface area contributed by atoms with E-state index >= 15 is 0 Å². The second-order valence-corrected chi connectivity index (χ2v) is 5.14. The van der Waals surface area contributed by atoms with E-state index in [2.05, 4.69) is 5.32 Å². The van der Waals surface area contributed by atoms with E-state index in [9.17, 15) is 9.90 Å². The fourth-order valence-corrected chi connectivity index (χ4v) is 2.85. The van der Waals surface area contributed by atoms with Crippen LogP contribution in [0.2, 0.25) is 0 Å². The van der Waals surface area contributed by atoms with Crippen LogP contribution in [0.1, 0.15) is 36.0 Å². The lowest BCUT2D eigenvalue weighted by molar-refractivity contribution is 0.0910. The number of carbonyl (C=O) groups excluding carboxylic acids is 1. The largest absolute Gasteiger partial charge is 0.508 e. The van der Waals surface area contributed by atoms with Gasteiger partial charge in [-0.3, -0.25) is 4.79 Å². The molecule has 2 atom stereocenters. The summed E-state index contributed by atoms with van der Waals surface area (Å²) < 4.78 is 0. The molecule has 1 amide bonds. The van der Waals surface area contributed by atoms with Crippen molar-refractivity contribution in [2.24, 2.45) is 5.92 Å². The first-order chi connectivity index (χ1) is 8.70. The molecule has 1 saturated carbocycles. The van der Waals surface area contributed by atoms with Crippen molar-refractivity contribution in [3.8, 4) is 5.75 Å². The van der Waals surface area contributed by atoms with Crippen LogP contribution in [0.25, 0.3) is 0 Å². The molecule has 2 unspecified atom stereocenters. The Bertz CT molecular complexity index is 422. The van der Waals surface area contributed by atoms with Crippen LogP contribution in [-0.4, -0.2) is 22.9 Å². The molecule has 18 heavy (non-hydrogen) atoms. The Morgan fingerprint density at radius 2 is 2.17 bits per heavy atom. The van der Waals surface area contributed by atoms with Crippen molar-refractivity contribution in [2.45, 2.75) is 31.7 Å². The van der Waals surface area contributed by atoms with Gasteiger partial charge in [-0.15, -0.1) is 11.6 Å². The van der Waals surface area contributed by atoms with Crippen LogP contribution in [0.3, 0.4) is 0 Å². The minimum absolute atomic E-state index is 0.111. The van der Waals surface area contributed by atoms with Crippen LogP contribution >= 0.6 is 11.6 Å². The molecule has 1 aromatic rings. The van der Waals surface area contributed by atoms with E-state index in [-0.39, 0.29) is 17.7 Å². The highest BCUT2D eigenvalue weighted by Crippen LogP contribution is 2.25. The first-order valence-electron chi connectivity index (χ1n) is 6.36. The molecule has 0 saturated heterocycles. The van der Waals surface area contributed by atoms with Gasteiger partial charge in [-0.1, -0.05) is 18.9 Å². The van der Waals surface area contributed by atoms with Crippen molar-refractivity contribution in [2.75, 3.05) is 5.88 Å². The Labute approximate surface area is 112 Å². The van der Waals surface area contributed by atoms with Crippen molar-refractivity contribution < 1.29 is 9.90 Å². The molecule has 0 aromatic heterocycles. The molecule has 1 aliphatic rings. The van der Waals surface area contributed by atoms with Crippen LogP contribution in [0, 0.1) is 5.92 Å². The average Bonchev–Trinajstić information content (AvgIpc) is 2.39. The molecule has 1 aliphatic carbocycles. The zero-order valence-electron chi connectivity index (χ0n) is 10.2. The normalized spacial score (nSPS) is 23.6. The first kappa shape index (κ1) is 13.2. The molecule has 0 radical (unpaired) electrons. The molecule has 0 spiro atoms. The summed E-state index contributed by atoms with van der Waals surface area (Å²) in [6, 6.07) is 6.57. The lowest BCUT2D eigenvalue weighted by Crippen LogP contribution is -2.42.